The lowest BCUT2D eigenvalue weighted by Crippen LogP contribution is -2.47. The van der Waals surface area contributed by atoms with Crippen molar-refractivity contribution in [1.82, 2.24) is 10.2 Å². The summed E-state index contributed by atoms with van der Waals surface area (Å²) >= 11 is 0. The normalized spacial score (nSPS) is 27.6. The van der Waals surface area contributed by atoms with Gasteiger partial charge in [0.25, 0.3) is 0 Å². The lowest BCUT2D eigenvalue weighted by Gasteiger charge is -2.30. The Balaban J connectivity index is 2.43. The van der Waals surface area contributed by atoms with Crippen LogP contribution < -0.4 is 5.32 Å². The number of nitrogens with zero attached hydrogens (tertiary/aromatic N) is 2. The van der Waals surface area contributed by atoms with E-state index < -0.39 is 0 Å². The number of ether oxygens (including phenoxy) is 1. The molecule has 2 unspecified atom stereocenters. The highest BCUT2D eigenvalue weighted by Crippen LogP contribution is 2.37. The Hall–Kier alpha value is -0.630. The van der Waals surface area contributed by atoms with Crippen molar-refractivity contribution in [2.24, 2.45) is 5.92 Å². The van der Waals surface area contributed by atoms with E-state index in [0.29, 0.717) is 5.92 Å². The fraction of sp³-hybridized carbons (Fsp3) is 0.929. The largest absolute Gasteiger partial charge is 0.383 e. The third-order valence-corrected chi connectivity index (χ3v) is 4.05. The summed E-state index contributed by atoms with van der Waals surface area (Å²) in [5.41, 5.74) is -0.267. The zero-order valence-electron chi connectivity index (χ0n) is 12.0. The number of methoxy groups -OCH3 is 1. The minimum Gasteiger partial charge on any atom is -0.383 e. The minimum absolute atomic E-state index is 0.267. The molecule has 18 heavy (non-hydrogen) atoms. The summed E-state index contributed by atoms with van der Waals surface area (Å²) in [4.78, 5) is 2.29. The van der Waals surface area contributed by atoms with Gasteiger partial charge in [-0.3, -0.25) is 5.32 Å². The van der Waals surface area contributed by atoms with Gasteiger partial charge in [-0.05, 0) is 45.3 Å². The van der Waals surface area contributed by atoms with Crippen molar-refractivity contribution >= 4 is 0 Å². The summed E-state index contributed by atoms with van der Waals surface area (Å²) in [6.45, 7) is 5.74. The number of hydrogen-bond acceptors (Lipinski definition) is 4. The number of nitrogens with one attached hydrogen (secondary N) is 1. The third kappa shape index (κ3) is 3.94. The van der Waals surface area contributed by atoms with Gasteiger partial charge >= 0.3 is 0 Å². The Kier molecular flexibility index (Phi) is 6.62. The summed E-state index contributed by atoms with van der Waals surface area (Å²) in [5.74, 6) is 0.493. The molecule has 1 aliphatic rings. The monoisotopic (exact) mass is 253 g/mol. The summed E-state index contributed by atoms with van der Waals surface area (Å²) in [7, 11) is 3.85. The van der Waals surface area contributed by atoms with Crippen LogP contribution in [0, 0.1) is 17.2 Å². The van der Waals surface area contributed by atoms with Gasteiger partial charge in [0, 0.05) is 13.7 Å². The van der Waals surface area contributed by atoms with E-state index in [-0.39, 0.29) is 5.54 Å². The second-order valence-electron chi connectivity index (χ2n) is 5.29. The Morgan fingerprint density at radius 2 is 2.28 bits per heavy atom. The molecule has 0 aromatic carbocycles. The fourth-order valence-corrected chi connectivity index (χ4v) is 2.94. The van der Waals surface area contributed by atoms with Crippen molar-refractivity contribution in [3.8, 4) is 6.07 Å². The van der Waals surface area contributed by atoms with E-state index in [1.807, 2.05) is 0 Å². The van der Waals surface area contributed by atoms with Gasteiger partial charge in [0.15, 0.2) is 0 Å². The van der Waals surface area contributed by atoms with Gasteiger partial charge in [0.1, 0.15) is 5.54 Å². The molecule has 0 aromatic heterocycles. The molecule has 1 aliphatic carbocycles. The van der Waals surface area contributed by atoms with Crippen molar-refractivity contribution in [3.05, 3.63) is 0 Å². The summed E-state index contributed by atoms with van der Waals surface area (Å²) in [5, 5.41) is 12.9. The molecule has 0 saturated heterocycles. The fourth-order valence-electron chi connectivity index (χ4n) is 2.94. The maximum atomic E-state index is 9.48. The van der Waals surface area contributed by atoms with E-state index in [0.717, 1.165) is 39.1 Å². The number of likely N-dealkylation sites (N-methyl/N-ethyl adjacent to an activating group) is 1. The molecule has 0 spiro atoms. The summed E-state index contributed by atoms with van der Waals surface area (Å²) < 4.78 is 5.08. The first-order chi connectivity index (χ1) is 8.68. The van der Waals surface area contributed by atoms with Crippen LogP contribution in [0.5, 0.6) is 0 Å². The molecule has 0 aliphatic heterocycles. The van der Waals surface area contributed by atoms with Crippen LogP contribution in [0.2, 0.25) is 0 Å². The van der Waals surface area contributed by atoms with Gasteiger partial charge in [0.2, 0.25) is 0 Å². The van der Waals surface area contributed by atoms with Gasteiger partial charge in [0.05, 0.1) is 12.7 Å². The minimum atomic E-state index is -0.267. The molecular weight excluding hydrogens is 226 g/mol. The summed E-state index contributed by atoms with van der Waals surface area (Å²) in [6, 6.07) is 2.54. The van der Waals surface area contributed by atoms with E-state index in [1.54, 1.807) is 7.11 Å². The molecule has 4 nitrogen and oxygen atoms in total. The second kappa shape index (κ2) is 7.73. The number of rotatable bonds is 8. The number of hydrogen-bond donors (Lipinski definition) is 1. The quantitative estimate of drug-likeness (QED) is 0.714. The van der Waals surface area contributed by atoms with Gasteiger partial charge < -0.3 is 9.64 Å². The highest BCUT2D eigenvalue weighted by Gasteiger charge is 2.42. The van der Waals surface area contributed by atoms with E-state index in [9.17, 15) is 5.26 Å². The zero-order valence-corrected chi connectivity index (χ0v) is 12.0. The van der Waals surface area contributed by atoms with Crippen molar-refractivity contribution in [2.45, 2.75) is 38.1 Å². The molecule has 104 valence electrons. The maximum Gasteiger partial charge on any atom is 0.109 e. The van der Waals surface area contributed by atoms with E-state index in [2.05, 4.69) is 30.3 Å². The Morgan fingerprint density at radius 3 is 2.89 bits per heavy atom. The van der Waals surface area contributed by atoms with Crippen LogP contribution in [0.4, 0.5) is 0 Å². The SMILES string of the molecule is CCNC1(C#N)CCCC1CCN(C)CCOC. The lowest BCUT2D eigenvalue weighted by molar-refractivity contribution is 0.154. The van der Waals surface area contributed by atoms with E-state index in [4.69, 9.17) is 4.74 Å². The first-order valence-electron chi connectivity index (χ1n) is 7.02. The van der Waals surface area contributed by atoms with Crippen LogP contribution in [0.15, 0.2) is 0 Å². The van der Waals surface area contributed by atoms with Gasteiger partial charge in [-0.2, -0.15) is 5.26 Å². The molecule has 4 heteroatoms. The molecule has 0 radical (unpaired) electrons. The standard InChI is InChI=1S/C14H27N3O/c1-4-16-14(12-15)8-5-6-13(14)7-9-17(2)10-11-18-3/h13,16H,4-11H2,1-3H3. The average Bonchev–Trinajstić information content (AvgIpc) is 2.78. The molecule has 0 bridgehead atoms. The van der Waals surface area contributed by atoms with E-state index in [1.165, 1.54) is 12.8 Å². The molecule has 1 N–H and O–H groups in total. The van der Waals surface area contributed by atoms with Crippen LogP contribution in [0.1, 0.15) is 32.6 Å². The van der Waals surface area contributed by atoms with Crippen LogP contribution in [0.25, 0.3) is 0 Å². The highest BCUT2D eigenvalue weighted by atomic mass is 16.5. The average molecular weight is 253 g/mol. The van der Waals surface area contributed by atoms with Crippen molar-refractivity contribution in [1.29, 1.82) is 5.26 Å². The predicted molar refractivity (Wildman–Crippen MR) is 73.4 cm³/mol. The maximum absolute atomic E-state index is 9.48. The third-order valence-electron chi connectivity index (χ3n) is 4.05. The Labute approximate surface area is 111 Å². The second-order valence-corrected chi connectivity index (χ2v) is 5.29. The van der Waals surface area contributed by atoms with Gasteiger partial charge in [-0.25, -0.2) is 0 Å². The highest BCUT2D eigenvalue weighted by molar-refractivity contribution is 5.13. The molecule has 1 saturated carbocycles. The molecule has 1 rings (SSSR count). The van der Waals surface area contributed by atoms with Crippen molar-refractivity contribution < 1.29 is 4.74 Å². The van der Waals surface area contributed by atoms with Crippen LogP contribution >= 0.6 is 0 Å². The van der Waals surface area contributed by atoms with Gasteiger partial charge in [-0.1, -0.05) is 13.3 Å². The Bertz CT molecular complexity index is 277. The molecule has 0 heterocycles. The Morgan fingerprint density at radius 1 is 1.50 bits per heavy atom. The smallest absolute Gasteiger partial charge is 0.109 e. The first-order valence-corrected chi connectivity index (χ1v) is 7.02. The van der Waals surface area contributed by atoms with Crippen LogP contribution in [-0.2, 0) is 4.74 Å². The van der Waals surface area contributed by atoms with Crippen molar-refractivity contribution in [3.63, 3.8) is 0 Å². The zero-order chi connectivity index (χ0) is 13.4. The number of nitriles is 1. The van der Waals surface area contributed by atoms with E-state index >= 15 is 0 Å². The van der Waals surface area contributed by atoms with Crippen molar-refractivity contribution in [2.75, 3.05) is 40.4 Å². The van der Waals surface area contributed by atoms with Gasteiger partial charge in [-0.15, -0.1) is 0 Å². The lowest BCUT2D eigenvalue weighted by atomic mass is 9.85. The predicted octanol–water partition coefficient (Wildman–Crippen LogP) is 1.63. The molecule has 2 atom stereocenters. The molecule has 0 aromatic rings. The van der Waals surface area contributed by atoms with Crippen LogP contribution in [-0.4, -0.2) is 50.8 Å². The van der Waals surface area contributed by atoms with Crippen LogP contribution in [0.3, 0.4) is 0 Å². The summed E-state index contributed by atoms with van der Waals surface area (Å²) in [6.07, 6.45) is 4.45. The molecular formula is C14H27N3O. The molecule has 1 fully saturated rings. The first kappa shape index (κ1) is 15.4. The topological polar surface area (TPSA) is 48.3 Å². The molecule has 0 amide bonds.